The lowest BCUT2D eigenvalue weighted by Gasteiger charge is -2.25. The third-order valence-corrected chi connectivity index (χ3v) is 2.55. The first-order valence-electron chi connectivity index (χ1n) is 4.49. The molecule has 1 aliphatic rings. The van der Waals surface area contributed by atoms with Crippen molar-refractivity contribution in [1.82, 2.24) is 9.55 Å². The summed E-state index contributed by atoms with van der Waals surface area (Å²) in [5, 5.41) is 0. The van der Waals surface area contributed by atoms with E-state index in [9.17, 15) is 4.79 Å². The monoisotopic (exact) mass is 179 g/mol. The Morgan fingerprint density at radius 1 is 1.77 bits per heavy atom. The number of carbonyl (C=O) groups excluding carboxylic acids is 1. The van der Waals surface area contributed by atoms with Crippen LogP contribution in [0.3, 0.4) is 0 Å². The summed E-state index contributed by atoms with van der Waals surface area (Å²) in [4.78, 5) is 15.3. The van der Waals surface area contributed by atoms with Gasteiger partial charge in [0, 0.05) is 18.9 Å². The van der Waals surface area contributed by atoms with Crippen LogP contribution in [0.1, 0.15) is 25.1 Å². The van der Waals surface area contributed by atoms with Crippen molar-refractivity contribution in [3.63, 3.8) is 0 Å². The Bertz CT molecular complexity index is 331. The molecule has 4 heteroatoms. The standard InChI is InChI=1S/C9H13N3O/c1-6-4-7(8(10)13)9-11-2-3-12(9)5-6/h2-3,6-7H,4-5H2,1H3,(H2,10,13). The van der Waals surface area contributed by atoms with Gasteiger partial charge in [0.15, 0.2) is 0 Å². The van der Waals surface area contributed by atoms with E-state index in [1.165, 1.54) is 0 Å². The molecule has 0 aliphatic carbocycles. The number of rotatable bonds is 1. The normalized spacial score (nSPS) is 26.8. The molecule has 1 aromatic rings. The van der Waals surface area contributed by atoms with Gasteiger partial charge in [0.1, 0.15) is 5.82 Å². The Labute approximate surface area is 76.8 Å². The molecule has 0 fully saturated rings. The van der Waals surface area contributed by atoms with Crippen LogP contribution in [-0.4, -0.2) is 15.5 Å². The maximum atomic E-state index is 11.1. The highest BCUT2D eigenvalue weighted by molar-refractivity contribution is 5.81. The van der Waals surface area contributed by atoms with E-state index in [0.717, 1.165) is 18.8 Å². The Morgan fingerprint density at radius 3 is 3.23 bits per heavy atom. The number of hydrogen-bond donors (Lipinski definition) is 1. The molecule has 70 valence electrons. The lowest BCUT2D eigenvalue weighted by atomic mass is 9.91. The highest BCUT2D eigenvalue weighted by Crippen LogP contribution is 2.28. The Kier molecular flexibility index (Phi) is 1.83. The largest absolute Gasteiger partial charge is 0.369 e. The van der Waals surface area contributed by atoms with Crippen LogP contribution >= 0.6 is 0 Å². The molecule has 1 aliphatic heterocycles. The number of imidazole rings is 1. The van der Waals surface area contributed by atoms with Gasteiger partial charge in [0.25, 0.3) is 0 Å². The van der Waals surface area contributed by atoms with Gasteiger partial charge in [-0.05, 0) is 12.3 Å². The molecule has 13 heavy (non-hydrogen) atoms. The first kappa shape index (κ1) is 8.29. The molecular weight excluding hydrogens is 166 g/mol. The molecule has 1 aromatic heterocycles. The maximum Gasteiger partial charge on any atom is 0.228 e. The smallest absolute Gasteiger partial charge is 0.228 e. The first-order valence-corrected chi connectivity index (χ1v) is 4.49. The van der Waals surface area contributed by atoms with E-state index in [0.29, 0.717) is 5.92 Å². The second-order valence-corrected chi connectivity index (χ2v) is 3.73. The molecule has 0 saturated heterocycles. The zero-order valence-corrected chi connectivity index (χ0v) is 7.60. The number of carbonyl (C=O) groups is 1. The number of fused-ring (bicyclic) bond motifs is 1. The molecule has 2 heterocycles. The topological polar surface area (TPSA) is 60.9 Å². The van der Waals surface area contributed by atoms with Crippen LogP contribution < -0.4 is 5.73 Å². The third-order valence-electron chi connectivity index (χ3n) is 2.55. The average molecular weight is 179 g/mol. The summed E-state index contributed by atoms with van der Waals surface area (Å²) in [6, 6.07) is 0. The molecule has 0 bridgehead atoms. The summed E-state index contributed by atoms with van der Waals surface area (Å²) in [6.45, 7) is 3.07. The van der Waals surface area contributed by atoms with Crippen molar-refractivity contribution in [3.05, 3.63) is 18.2 Å². The number of nitrogens with two attached hydrogens (primary N) is 1. The number of hydrogen-bond acceptors (Lipinski definition) is 2. The highest BCUT2D eigenvalue weighted by atomic mass is 16.1. The predicted molar refractivity (Wildman–Crippen MR) is 47.9 cm³/mol. The van der Waals surface area contributed by atoms with Crippen molar-refractivity contribution in [2.24, 2.45) is 11.7 Å². The highest BCUT2D eigenvalue weighted by Gasteiger charge is 2.29. The zero-order valence-electron chi connectivity index (χ0n) is 7.60. The first-order chi connectivity index (χ1) is 6.18. The fraction of sp³-hybridized carbons (Fsp3) is 0.556. The van der Waals surface area contributed by atoms with Crippen LogP contribution in [0.25, 0.3) is 0 Å². The summed E-state index contributed by atoms with van der Waals surface area (Å²) < 4.78 is 2.02. The van der Waals surface area contributed by atoms with Crippen LogP contribution in [0.2, 0.25) is 0 Å². The van der Waals surface area contributed by atoms with Gasteiger partial charge in [-0.3, -0.25) is 4.79 Å². The number of amides is 1. The quantitative estimate of drug-likeness (QED) is 0.682. The van der Waals surface area contributed by atoms with E-state index in [2.05, 4.69) is 11.9 Å². The van der Waals surface area contributed by atoms with Crippen molar-refractivity contribution >= 4 is 5.91 Å². The van der Waals surface area contributed by atoms with E-state index in [1.807, 2.05) is 10.8 Å². The Hall–Kier alpha value is -1.32. The number of aromatic nitrogens is 2. The van der Waals surface area contributed by atoms with Gasteiger partial charge in [0.05, 0.1) is 5.92 Å². The predicted octanol–water partition coefficient (Wildman–Crippen LogP) is 0.492. The number of primary amides is 1. The van der Waals surface area contributed by atoms with Crippen LogP contribution in [0.15, 0.2) is 12.4 Å². The van der Waals surface area contributed by atoms with Gasteiger partial charge < -0.3 is 10.3 Å². The van der Waals surface area contributed by atoms with Gasteiger partial charge in [0.2, 0.25) is 5.91 Å². The second-order valence-electron chi connectivity index (χ2n) is 3.73. The summed E-state index contributed by atoms with van der Waals surface area (Å²) in [5.74, 6) is 0.863. The molecule has 2 N–H and O–H groups in total. The molecule has 0 saturated carbocycles. The molecular formula is C9H13N3O. The molecule has 4 nitrogen and oxygen atoms in total. The third kappa shape index (κ3) is 1.32. The zero-order chi connectivity index (χ0) is 9.42. The van der Waals surface area contributed by atoms with Gasteiger partial charge >= 0.3 is 0 Å². The van der Waals surface area contributed by atoms with Crippen molar-refractivity contribution in [3.8, 4) is 0 Å². The maximum absolute atomic E-state index is 11.1. The SMILES string of the molecule is CC1CC(C(N)=O)c2nccn2C1. The summed E-state index contributed by atoms with van der Waals surface area (Å²) in [6.07, 6.45) is 4.45. The van der Waals surface area contributed by atoms with E-state index in [-0.39, 0.29) is 11.8 Å². The van der Waals surface area contributed by atoms with E-state index in [1.54, 1.807) is 6.20 Å². The van der Waals surface area contributed by atoms with Crippen molar-refractivity contribution < 1.29 is 4.79 Å². The molecule has 2 rings (SSSR count). The van der Waals surface area contributed by atoms with Crippen LogP contribution in [0.5, 0.6) is 0 Å². The summed E-state index contributed by atoms with van der Waals surface area (Å²) in [7, 11) is 0. The number of nitrogens with zero attached hydrogens (tertiary/aromatic N) is 2. The van der Waals surface area contributed by atoms with Crippen LogP contribution in [0, 0.1) is 5.92 Å². The minimum absolute atomic E-state index is 0.196. The van der Waals surface area contributed by atoms with E-state index in [4.69, 9.17) is 5.73 Å². The van der Waals surface area contributed by atoms with Crippen LogP contribution in [0.4, 0.5) is 0 Å². The lowest BCUT2D eigenvalue weighted by Crippen LogP contribution is -2.31. The van der Waals surface area contributed by atoms with E-state index < -0.39 is 0 Å². The molecule has 0 aromatic carbocycles. The molecule has 2 atom stereocenters. The second kappa shape index (κ2) is 2.87. The minimum atomic E-state index is -0.265. The Morgan fingerprint density at radius 2 is 2.54 bits per heavy atom. The average Bonchev–Trinajstić information content (AvgIpc) is 2.49. The molecule has 0 radical (unpaired) electrons. The van der Waals surface area contributed by atoms with Crippen molar-refractivity contribution in [2.45, 2.75) is 25.8 Å². The fourth-order valence-corrected chi connectivity index (χ4v) is 1.95. The molecule has 0 spiro atoms. The van der Waals surface area contributed by atoms with Crippen molar-refractivity contribution in [2.75, 3.05) is 0 Å². The van der Waals surface area contributed by atoms with Crippen LogP contribution in [-0.2, 0) is 11.3 Å². The van der Waals surface area contributed by atoms with Gasteiger partial charge in [-0.25, -0.2) is 4.98 Å². The van der Waals surface area contributed by atoms with Gasteiger partial charge in [-0.2, -0.15) is 0 Å². The summed E-state index contributed by atoms with van der Waals surface area (Å²) in [5.41, 5.74) is 5.31. The van der Waals surface area contributed by atoms with Gasteiger partial charge in [-0.15, -0.1) is 0 Å². The van der Waals surface area contributed by atoms with E-state index >= 15 is 0 Å². The lowest BCUT2D eigenvalue weighted by molar-refractivity contribution is -0.120. The fourth-order valence-electron chi connectivity index (χ4n) is 1.95. The minimum Gasteiger partial charge on any atom is -0.369 e. The molecule has 2 unspecified atom stereocenters. The molecule has 1 amide bonds. The van der Waals surface area contributed by atoms with Gasteiger partial charge in [-0.1, -0.05) is 6.92 Å². The summed E-state index contributed by atoms with van der Waals surface area (Å²) >= 11 is 0. The Balaban J connectivity index is 2.38. The van der Waals surface area contributed by atoms with Crippen molar-refractivity contribution in [1.29, 1.82) is 0 Å².